The van der Waals surface area contributed by atoms with Crippen molar-refractivity contribution in [3.8, 4) is 0 Å². The minimum Gasteiger partial charge on any atom is -0.413 e. The molecule has 1 aromatic rings. The molecule has 1 aliphatic rings. The second kappa shape index (κ2) is 5.73. The second-order valence-electron chi connectivity index (χ2n) is 4.57. The molecule has 0 bridgehead atoms. The fourth-order valence-electron chi connectivity index (χ4n) is 2.15. The number of allylic oxidation sites excluding steroid dienone is 1. The first-order chi connectivity index (χ1) is 8.99. The van der Waals surface area contributed by atoms with Crippen molar-refractivity contribution in [2.75, 3.05) is 7.11 Å². The number of nitrogens with zero attached hydrogens (tertiary/aromatic N) is 2. The number of methoxy groups -OCH3 is 1. The highest BCUT2D eigenvalue weighted by atomic mass is 19.4. The van der Waals surface area contributed by atoms with Crippen molar-refractivity contribution in [3.05, 3.63) is 17.9 Å². The summed E-state index contributed by atoms with van der Waals surface area (Å²) in [5, 5.41) is 6.31. The molecule has 4 nitrogen and oxygen atoms in total. The second-order valence-corrected chi connectivity index (χ2v) is 4.57. The zero-order valence-corrected chi connectivity index (χ0v) is 10.5. The third kappa shape index (κ3) is 3.79. The lowest BCUT2D eigenvalue weighted by Gasteiger charge is -2.25. The third-order valence-corrected chi connectivity index (χ3v) is 3.25. The van der Waals surface area contributed by atoms with Gasteiger partial charge < -0.3 is 9.15 Å². The van der Waals surface area contributed by atoms with E-state index < -0.39 is 12.1 Å². The SMILES string of the molecule is COC1CCC(C=Cc2nnc(C(F)(F)F)o2)CC1. The average Bonchev–Trinajstić information content (AvgIpc) is 2.86. The van der Waals surface area contributed by atoms with Gasteiger partial charge in [-0.2, -0.15) is 13.2 Å². The van der Waals surface area contributed by atoms with Crippen LogP contribution in [0.1, 0.15) is 37.5 Å². The van der Waals surface area contributed by atoms with Crippen LogP contribution in [0.4, 0.5) is 13.2 Å². The van der Waals surface area contributed by atoms with Gasteiger partial charge in [0.1, 0.15) is 0 Å². The Morgan fingerprint density at radius 1 is 1.21 bits per heavy atom. The Morgan fingerprint density at radius 2 is 1.89 bits per heavy atom. The molecule has 0 saturated heterocycles. The number of ether oxygens (including phenoxy) is 1. The predicted octanol–water partition coefficient (Wildman–Crippen LogP) is 3.31. The van der Waals surface area contributed by atoms with E-state index in [1.54, 1.807) is 7.11 Å². The number of hydrogen-bond acceptors (Lipinski definition) is 4. The fourth-order valence-corrected chi connectivity index (χ4v) is 2.15. The van der Waals surface area contributed by atoms with Crippen LogP contribution in [-0.4, -0.2) is 23.4 Å². The minimum atomic E-state index is -4.59. The van der Waals surface area contributed by atoms with Crippen LogP contribution >= 0.6 is 0 Å². The standard InChI is InChI=1S/C12H15F3N2O2/c1-18-9-5-2-8(3-6-9)4-7-10-16-17-11(19-10)12(13,14)15/h4,7-9H,2-3,5-6H2,1H3. The highest BCUT2D eigenvalue weighted by Gasteiger charge is 2.37. The zero-order valence-electron chi connectivity index (χ0n) is 10.5. The summed E-state index contributed by atoms with van der Waals surface area (Å²) >= 11 is 0. The van der Waals surface area contributed by atoms with Crippen LogP contribution in [0.25, 0.3) is 6.08 Å². The third-order valence-electron chi connectivity index (χ3n) is 3.25. The normalized spacial score (nSPS) is 25.1. The number of alkyl halides is 3. The van der Waals surface area contributed by atoms with Crippen LogP contribution in [0.15, 0.2) is 10.5 Å². The molecule has 0 N–H and O–H groups in total. The van der Waals surface area contributed by atoms with Gasteiger partial charge in [-0.25, -0.2) is 0 Å². The number of halogens is 3. The highest BCUT2D eigenvalue weighted by Crippen LogP contribution is 2.29. The molecule has 0 radical (unpaired) electrons. The molecule has 0 spiro atoms. The van der Waals surface area contributed by atoms with Gasteiger partial charge in [-0.1, -0.05) is 6.08 Å². The van der Waals surface area contributed by atoms with Crippen LogP contribution in [0.2, 0.25) is 0 Å². The summed E-state index contributed by atoms with van der Waals surface area (Å²) < 4.78 is 46.5. The van der Waals surface area contributed by atoms with Gasteiger partial charge in [-0.05, 0) is 37.7 Å². The van der Waals surface area contributed by atoms with Gasteiger partial charge in [0.25, 0.3) is 0 Å². The monoisotopic (exact) mass is 276 g/mol. The minimum absolute atomic E-state index is 0.110. The summed E-state index contributed by atoms with van der Waals surface area (Å²) in [5.74, 6) is -1.09. The maximum Gasteiger partial charge on any atom is 0.470 e. The molecule has 106 valence electrons. The Hall–Kier alpha value is -1.37. The summed E-state index contributed by atoms with van der Waals surface area (Å²) in [4.78, 5) is 0. The van der Waals surface area contributed by atoms with Crippen molar-refractivity contribution < 1.29 is 22.3 Å². The van der Waals surface area contributed by atoms with Crippen LogP contribution in [0.5, 0.6) is 0 Å². The Morgan fingerprint density at radius 3 is 2.42 bits per heavy atom. The first kappa shape index (κ1) is 14.0. The van der Waals surface area contributed by atoms with Crippen molar-refractivity contribution in [2.24, 2.45) is 5.92 Å². The number of aromatic nitrogens is 2. The Balaban J connectivity index is 1.91. The Bertz CT molecular complexity index is 434. The molecule has 0 amide bonds. The van der Waals surface area contributed by atoms with E-state index in [1.807, 2.05) is 6.08 Å². The smallest absolute Gasteiger partial charge is 0.413 e. The predicted molar refractivity (Wildman–Crippen MR) is 61.1 cm³/mol. The van der Waals surface area contributed by atoms with Crippen molar-refractivity contribution >= 4 is 6.08 Å². The molecule has 1 aromatic heterocycles. The van der Waals surface area contributed by atoms with Gasteiger partial charge in [-0.15, -0.1) is 10.2 Å². The van der Waals surface area contributed by atoms with Crippen molar-refractivity contribution in [1.82, 2.24) is 10.2 Å². The summed E-state index contributed by atoms with van der Waals surface area (Å²) in [6.07, 6.45) is 2.83. The van der Waals surface area contributed by atoms with E-state index in [1.165, 1.54) is 6.08 Å². The van der Waals surface area contributed by atoms with E-state index in [9.17, 15) is 13.2 Å². The summed E-state index contributed by atoms with van der Waals surface area (Å²) in [6.45, 7) is 0. The fraction of sp³-hybridized carbons (Fsp3) is 0.667. The van der Waals surface area contributed by atoms with E-state index in [0.29, 0.717) is 12.0 Å². The van der Waals surface area contributed by atoms with Gasteiger partial charge >= 0.3 is 12.1 Å². The molecule has 2 rings (SSSR count). The molecule has 7 heteroatoms. The zero-order chi connectivity index (χ0) is 13.9. The lowest BCUT2D eigenvalue weighted by molar-refractivity contribution is -0.157. The number of rotatable bonds is 3. The van der Waals surface area contributed by atoms with Gasteiger partial charge in [0.2, 0.25) is 5.89 Å². The van der Waals surface area contributed by atoms with Crippen LogP contribution in [0, 0.1) is 5.92 Å². The van der Waals surface area contributed by atoms with Gasteiger partial charge in [0, 0.05) is 7.11 Å². The molecule has 1 heterocycles. The highest BCUT2D eigenvalue weighted by molar-refractivity contribution is 5.37. The van der Waals surface area contributed by atoms with E-state index in [-0.39, 0.29) is 5.89 Å². The summed E-state index contributed by atoms with van der Waals surface area (Å²) in [5.41, 5.74) is 0. The molecule has 19 heavy (non-hydrogen) atoms. The Labute approximate surface area is 108 Å². The van der Waals surface area contributed by atoms with Crippen molar-refractivity contribution in [1.29, 1.82) is 0 Å². The Kier molecular flexibility index (Phi) is 4.24. The van der Waals surface area contributed by atoms with Crippen molar-refractivity contribution in [2.45, 2.75) is 38.0 Å². The van der Waals surface area contributed by atoms with Gasteiger partial charge in [0.15, 0.2) is 0 Å². The lowest BCUT2D eigenvalue weighted by atomic mass is 9.87. The molecule has 1 fully saturated rings. The molecule has 0 aromatic carbocycles. The molecule has 1 aliphatic carbocycles. The summed E-state index contributed by atoms with van der Waals surface area (Å²) in [7, 11) is 1.69. The molecule has 0 atom stereocenters. The van der Waals surface area contributed by atoms with Gasteiger partial charge in [0.05, 0.1) is 6.10 Å². The maximum atomic E-state index is 12.2. The topological polar surface area (TPSA) is 48.2 Å². The average molecular weight is 276 g/mol. The molecule has 0 unspecified atom stereocenters. The largest absolute Gasteiger partial charge is 0.470 e. The van der Waals surface area contributed by atoms with Crippen molar-refractivity contribution in [3.63, 3.8) is 0 Å². The number of hydrogen-bond donors (Lipinski definition) is 0. The first-order valence-corrected chi connectivity index (χ1v) is 6.10. The summed E-state index contributed by atoms with van der Waals surface area (Å²) in [6, 6.07) is 0. The lowest BCUT2D eigenvalue weighted by Crippen LogP contribution is -2.19. The molecule has 1 saturated carbocycles. The maximum absolute atomic E-state index is 12.2. The first-order valence-electron chi connectivity index (χ1n) is 6.10. The van der Waals surface area contributed by atoms with E-state index >= 15 is 0 Å². The van der Waals surface area contributed by atoms with Crippen LogP contribution < -0.4 is 0 Å². The molecule has 0 aliphatic heterocycles. The van der Waals surface area contributed by atoms with E-state index in [4.69, 9.17) is 4.74 Å². The quantitative estimate of drug-likeness (QED) is 0.849. The van der Waals surface area contributed by atoms with E-state index in [0.717, 1.165) is 25.7 Å². The molecular formula is C12H15F3N2O2. The van der Waals surface area contributed by atoms with Crippen LogP contribution in [0.3, 0.4) is 0 Å². The van der Waals surface area contributed by atoms with E-state index in [2.05, 4.69) is 14.6 Å². The van der Waals surface area contributed by atoms with Gasteiger partial charge in [-0.3, -0.25) is 0 Å². The van der Waals surface area contributed by atoms with Crippen LogP contribution in [-0.2, 0) is 10.9 Å². The molecular weight excluding hydrogens is 261 g/mol.